The van der Waals surface area contributed by atoms with Crippen LogP contribution in [0.5, 0.6) is 0 Å². The molecule has 0 aromatic heterocycles. The highest BCUT2D eigenvalue weighted by molar-refractivity contribution is 7.99. The van der Waals surface area contributed by atoms with Crippen molar-refractivity contribution in [2.75, 3.05) is 12.9 Å². The molecule has 5 heteroatoms. The fraction of sp³-hybridized carbons (Fsp3) is 0.680. The van der Waals surface area contributed by atoms with Gasteiger partial charge in [-0.15, -0.1) is 11.8 Å². The molecule has 4 atom stereocenters. The summed E-state index contributed by atoms with van der Waals surface area (Å²) >= 11 is 1.77. The van der Waals surface area contributed by atoms with Gasteiger partial charge in [-0.3, -0.25) is 9.59 Å². The summed E-state index contributed by atoms with van der Waals surface area (Å²) in [6.07, 6.45) is 10.5. The van der Waals surface area contributed by atoms with Crippen molar-refractivity contribution >= 4 is 23.5 Å². The number of hydrogen-bond acceptors (Lipinski definition) is 5. The molecule has 0 spiro atoms. The van der Waals surface area contributed by atoms with E-state index in [0.717, 1.165) is 50.7 Å². The Balaban J connectivity index is 1.65. The third-order valence-corrected chi connectivity index (χ3v) is 8.73. The van der Waals surface area contributed by atoms with Crippen molar-refractivity contribution in [2.45, 2.75) is 87.2 Å². The molecular weight excluding hydrogens is 396 g/mol. The molecule has 3 fully saturated rings. The Morgan fingerprint density at radius 1 is 1.03 bits per heavy atom. The van der Waals surface area contributed by atoms with Crippen LogP contribution in [0.1, 0.15) is 70.6 Å². The normalized spacial score (nSPS) is 34.6. The first-order chi connectivity index (χ1) is 14.6. The highest BCUT2D eigenvalue weighted by Crippen LogP contribution is 2.56. The summed E-state index contributed by atoms with van der Waals surface area (Å²) in [6.45, 7) is 0. The van der Waals surface area contributed by atoms with Crippen molar-refractivity contribution < 1.29 is 19.1 Å². The average Bonchev–Trinajstić information content (AvgIpc) is 3.17. The van der Waals surface area contributed by atoms with Crippen molar-refractivity contribution in [3.63, 3.8) is 0 Å². The topological polar surface area (TPSA) is 52.6 Å². The summed E-state index contributed by atoms with van der Waals surface area (Å²) in [7, 11) is 1.41. The lowest BCUT2D eigenvalue weighted by Gasteiger charge is -2.48. The van der Waals surface area contributed by atoms with Crippen LogP contribution >= 0.6 is 11.8 Å². The molecule has 4 nitrogen and oxygen atoms in total. The second kappa shape index (κ2) is 9.44. The molecule has 164 valence electrons. The zero-order chi connectivity index (χ0) is 21.0. The smallest absolute Gasteiger partial charge is 0.322 e. The molecule has 2 saturated heterocycles. The van der Waals surface area contributed by atoms with E-state index in [9.17, 15) is 9.59 Å². The van der Waals surface area contributed by atoms with Crippen LogP contribution in [0.25, 0.3) is 0 Å². The molecule has 0 amide bonds. The van der Waals surface area contributed by atoms with Gasteiger partial charge in [0.25, 0.3) is 0 Å². The van der Waals surface area contributed by atoms with Gasteiger partial charge in [-0.1, -0.05) is 63.1 Å². The summed E-state index contributed by atoms with van der Waals surface area (Å²) in [4.78, 5) is 28.3. The van der Waals surface area contributed by atoms with Crippen LogP contribution in [0.3, 0.4) is 0 Å². The summed E-state index contributed by atoms with van der Waals surface area (Å²) < 4.78 is 12.0. The second-order valence-electron chi connectivity index (χ2n) is 9.20. The van der Waals surface area contributed by atoms with Crippen LogP contribution < -0.4 is 0 Å². The molecule has 1 aromatic rings. The Kier molecular flexibility index (Phi) is 6.88. The Morgan fingerprint density at radius 3 is 2.47 bits per heavy atom. The van der Waals surface area contributed by atoms with Gasteiger partial charge in [0.05, 0.1) is 18.8 Å². The fourth-order valence-corrected chi connectivity index (χ4v) is 7.02. The first-order valence-corrected chi connectivity index (χ1v) is 12.6. The minimum Gasteiger partial charge on any atom is -0.468 e. The number of hydrogen-bond donors (Lipinski definition) is 0. The molecule has 1 saturated carbocycles. The summed E-state index contributed by atoms with van der Waals surface area (Å²) in [5.41, 5.74) is -1.56. The number of methoxy groups -OCH3 is 1. The van der Waals surface area contributed by atoms with E-state index in [1.807, 2.05) is 18.2 Å². The van der Waals surface area contributed by atoms with E-state index in [1.165, 1.54) is 31.3 Å². The number of ether oxygens (including phenoxy) is 2. The molecular formula is C25H34O4S. The van der Waals surface area contributed by atoms with Gasteiger partial charge in [-0.05, 0) is 37.8 Å². The fourth-order valence-electron chi connectivity index (χ4n) is 5.85. The lowest BCUT2D eigenvalue weighted by Crippen LogP contribution is -2.61. The maximum absolute atomic E-state index is 14.1. The van der Waals surface area contributed by atoms with Crippen LogP contribution in [0.4, 0.5) is 0 Å². The number of fused-ring (bicyclic) bond motifs is 6. The number of carbonyl (C=O) groups excluding carboxylic acids is 2. The molecule has 30 heavy (non-hydrogen) atoms. The summed E-state index contributed by atoms with van der Waals surface area (Å²) in [5, 5.41) is 0. The van der Waals surface area contributed by atoms with E-state index >= 15 is 0 Å². The van der Waals surface area contributed by atoms with Crippen LogP contribution in [0.2, 0.25) is 0 Å². The van der Waals surface area contributed by atoms with Crippen molar-refractivity contribution in [1.29, 1.82) is 0 Å². The Labute approximate surface area is 184 Å². The number of Topliss-reactive ketones (excluding diaryl/α,β-unsaturated/α-hetero) is 1. The molecule has 1 aromatic carbocycles. The van der Waals surface area contributed by atoms with E-state index in [2.05, 4.69) is 12.1 Å². The molecule has 0 N–H and O–H groups in total. The molecule has 2 heterocycles. The van der Waals surface area contributed by atoms with Crippen LogP contribution in [0.15, 0.2) is 35.2 Å². The number of ketones is 1. The van der Waals surface area contributed by atoms with Gasteiger partial charge in [0.15, 0.2) is 11.2 Å². The van der Waals surface area contributed by atoms with Gasteiger partial charge in [-0.25, -0.2) is 0 Å². The minimum atomic E-state index is -1.10. The van der Waals surface area contributed by atoms with E-state index < -0.39 is 11.0 Å². The van der Waals surface area contributed by atoms with E-state index in [1.54, 1.807) is 11.8 Å². The van der Waals surface area contributed by atoms with Gasteiger partial charge >= 0.3 is 5.97 Å². The summed E-state index contributed by atoms with van der Waals surface area (Å²) in [5.74, 6) is 0.287. The number of thioether (sulfide) groups is 1. The lowest BCUT2D eigenvalue weighted by atomic mass is 9.65. The number of rotatable bonds is 4. The van der Waals surface area contributed by atoms with Gasteiger partial charge in [-0.2, -0.15) is 0 Å². The standard InChI is InChI=1S/C25H34O4S/c1-28-23(27)25-16-11-6-4-2-3-5-10-14-20(22(25)26)24(17-15-21(25)29-24)18-30-19-12-8-7-9-13-19/h7-9,12-13,20-21H,2-6,10-11,14-18H2,1H3/t20-,21-,24+,25+/m1/s1. The highest BCUT2D eigenvalue weighted by Gasteiger charge is 2.67. The van der Waals surface area contributed by atoms with E-state index in [-0.39, 0.29) is 23.8 Å². The Bertz CT molecular complexity index is 751. The van der Waals surface area contributed by atoms with E-state index in [0.29, 0.717) is 6.42 Å². The first-order valence-electron chi connectivity index (χ1n) is 11.6. The van der Waals surface area contributed by atoms with E-state index in [4.69, 9.17) is 9.47 Å². The molecule has 0 unspecified atom stereocenters. The van der Waals surface area contributed by atoms with Gasteiger partial charge in [0, 0.05) is 16.6 Å². The van der Waals surface area contributed by atoms with Gasteiger partial charge in [0.2, 0.25) is 0 Å². The number of carbonyl (C=O) groups is 2. The highest BCUT2D eigenvalue weighted by atomic mass is 32.2. The third kappa shape index (κ3) is 3.95. The lowest BCUT2D eigenvalue weighted by molar-refractivity contribution is -0.196. The SMILES string of the molecule is COC(=O)[C@]12CCCCCCCCC[C@H](C1=O)[C@@]1(CSc3ccccc3)CC[C@H]2O1. The Morgan fingerprint density at radius 2 is 1.73 bits per heavy atom. The van der Waals surface area contributed by atoms with Crippen molar-refractivity contribution in [3.8, 4) is 0 Å². The first kappa shape index (κ1) is 21.9. The Hall–Kier alpha value is -1.33. The second-order valence-corrected chi connectivity index (χ2v) is 10.3. The molecule has 2 aliphatic heterocycles. The van der Waals surface area contributed by atoms with Crippen molar-refractivity contribution in [3.05, 3.63) is 30.3 Å². The van der Waals surface area contributed by atoms with Crippen LogP contribution in [0, 0.1) is 11.3 Å². The summed E-state index contributed by atoms with van der Waals surface area (Å²) in [6, 6.07) is 10.3. The zero-order valence-electron chi connectivity index (χ0n) is 18.1. The zero-order valence-corrected chi connectivity index (χ0v) is 18.9. The van der Waals surface area contributed by atoms with Gasteiger partial charge in [0.1, 0.15) is 0 Å². The number of esters is 1. The van der Waals surface area contributed by atoms with Gasteiger partial charge < -0.3 is 9.47 Å². The molecule has 3 aliphatic rings. The third-order valence-electron chi connectivity index (χ3n) is 7.49. The molecule has 1 aliphatic carbocycles. The largest absolute Gasteiger partial charge is 0.468 e. The van der Waals surface area contributed by atoms with Crippen molar-refractivity contribution in [1.82, 2.24) is 0 Å². The van der Waals surface area contributed by atoms with Crippen molar-refractivity contribution in [2.24, 2.45) is 11.3 Å². The van der Waals surface area contributed by atoms with Crippen LogP contribution in [-0.2, 0) is 19.1 Å². The molecule has 4 bridgehead atoms. The molecule has 4 rings (SSSR count). The number of benzene rings is 1. The average molecular weight is 431 g/mol. The monoisotopic (exact) mass is 430 g/mol. The maximum atomic E-state index is 14.1. The predicted octanol–water partition coefficient (Wildman–Crippen LogP) is 5.58. The minimum absolute atomic E-state index is 0.109. The predicted molar refractivity (Wildman–Crippen MR) is 119 cm³/mol. The maximum Gasteiger partial charge on any atom is 0.322 e. The quantitative estimate of drug-likeness (QED) is 0.355. The van der Waals surface area contributed by atoms with Crippen LogP contribution in [-0.4, -0.2) is 36.3 Å². The molecule has 0 radical (unpaired) electrons.